The molecule has 0 radical (unpaired) electrons. The first-order chi connectivity index (χ1) is 17.4. The fourth-order valence-electron chi connectivity index (χ4n) is 4.87. The second-order valence-corrected chi connectivity index (χ2v) is 9.94. The molecule has 0 aliphatic carbocycles. The summed E-state index contributed by atoms with van der Waals surface area (Å²) >= 11 is 0. The summed E-state index contributed by atoms with van der Waals surface area (Å²) in [7, 11) is 3.95. The Morgan fingerprint density at radius 1 is 1.11 bits per heavy atom. The summed E-state index contributed by atoms with van der Waals surface area (Å²) in [6, 6.07) is 10.8. The fraction of sp³-hybridized carbons (Fsp3) is 0.464. The van der Waals surface area contributed by atoms with Crippen LogP contribution < -0.4 is 10.4 Å². The maximum atomic E-state index is 13.2. The Bertz CT molecular complexity index is 1400. The van der Waals surface area contributed by atoms with E-state index in [2.05, 4.69) is 47.9 Å². The molecule has 0 saturated carbocycles. The van der Waals surface area contributed by atoms with Gasteiger partial charge in [0, 0.05) is 62.1 Å². The van der Waals surface area contributed by atoms with E-state index in [9.17, 15) is 4.79 Å². The second-order valence-electron chi connectivity index (χ2n) is 9.94. The molecule has 36 heavy (non-hydrogen) atoms. The molecule has 0 atom stereocenters. The van der Waals surface area contributed by atoms with Crippen molar-refractivity contribution in [1.29, 1.82) is 0 Å². The first-order valence-corrected chi connectivity index (χ1v) is 12.8. The summed E-state index contributed by atoms with van der Waals surface area (Å²) in [6.07, 6.45) is 6.28. The fourth-order valence-corrected chi connectivity index (χ4v) is 4.87. The zero-order chi connectivity index (χ0) is 25.2. The van der Waals surface area contributed by atoms with Crippen molar-refractivity contribution in [3.63, 3.8) is 0 Å². The Morgan fingerprint density at radius 2 is 1.89 bits per heavy atom. The molecular formula is C28H35N5O3. The molecule has 1 aromatic carbocycles. The van der Waals surface area contributed by atoms with Crippen LogP contribution in [-0.2, 0) is 11.8 Å². The predicted octanol–water partition coefficient (Wildman–Crippen LogP) is 4.41. The van der Waals surface area contributed by atoms with E-state index >= 15 is 0 Å². The van der Waals surface area contributed by atoms with Crippen molar-refractivity contribution < 1.29 is 9.47 Å². The van der Waals surface area contributed by atoms with E-state index < -0.39 is 0 Å². The molecule has 4 heterocycles. The maximum absolute atomic E-state index is 13.2. The van der Waals surface area contributed by atoms with Gasteiger partial charge in [-0.05, 0) is 63.9 Å². The number of imidazole rings is 1. The van der Waals surface area contributed by atoms with E-state index in [4.69, 9.17) is 9.47 Å². The minimum atomic E-state index is -0.000593. The lowest BCUT2D eigenvalue weighted by Crippen LogP contribution is -2.29. The molecule has 4 aromatic rings. The Kier molecular flexibility index (Phi) is 7.07. The molecule has 8 nitrogen and oxygen atoms in total. The maximum Gasteiger partial charge on any atom is 0.329 e. The molecule has 0 bridgehead atoms. The van der Waals surface area contributed by atoms with Crippen molar-refractivity contribution in [2.75, 3.05) is 33.4 Å². The predicted molar refractivity (Wildman–Crippen MR) is 143 cm³/mol. The normalized spacial score (nSPS) is 14.9. The lowest BCUT2D eigenvalue weighted by atomic mass is 10.0. The quantitative estimate of drug-likeness (QED) is 0.341. The highest BCUT2D eigenvalue weighted by Crippen LogP contribution is 2.32. The number of nitrogens with zero attached hydrogens (tertiary/aromatic N) is 5. The van der Waals surface area contributed by atoms with E-state index in [-0.39, 0.29) is 11.7 Å². The highest BCUT2D eigenvalue weighted by molar-refractivity contribution is 6.04. The summed E-state index contributed by atoms with van der Waals surface area (Å²) in [6.45, 7) is 7.37. The number of fused-ring (bicyclic) bond motifs is 3. The summed E-state index contributed by atoms with van der Waals surface area (Å²) in [4.78, 5) is 24.7. The number of aryl methyl sites for hydroxylation is 1. The smallest absolute Gasteiger partial charge is 0.329 e. The van der Waals surface area contributed by atoms with Crippen LogP contribution in [0.2, 0.25) is 0 Å². The number of benzene rings is 1. The van der Waals surface area contributed by atoms with Gasteiger partial charge in [-0.15, -0.1) is 0 Å². The van der Waals surface area contributed by atoms with Crippen molar-refractivity contribution in [3.05, 3.63) is 53.2 Å². The Hall–Kier alpha value is -3.23. The van der Waals surface area contributed by atoms with Crippen LogP contribution >= 0.6 is 0 Å². The summed E-state index contributed by atoms with van der Waals surface area (Å²) < 4.78 is 15.1. The topological polar surface area (TPSA) is 74.4 Å². The van der Waals surface area contributed by atoms with Gasteiger partial charge in [0.05, 0.1) is 29.4 Å². The van der Waals surface area contributed by atoms with Crippen LogP contribution in [0.25, 0.3) is 33.1 Å². The van der Waals surface area contributed by atoms with Gasteiger partial charge in [0.25, 0.3) is 0 Å². The standard InChI is InChI=1S/C28H35N5O3/c1-19(2)31(3)12-5-13-36-26-9-7-21(17-30-26)20-6-8-24-23(16-20)27-25(18-29-24)32(4)28(34)33(27)22-10-14-35-15-11-22/h6-9,16-19,22H,5,10-15H2,1-4H3. The SMILES string of the molecule is CC(C)N(C)CCCOc1ccc(-c2ccc3ncc4c(c3c2)n(C2CCOCC2)c(=O)n4C)cn1. The highest BCUT2D eigenvalue weighted by atomic mass is 16.5. The van der Waals surface area contributed by atoms with Gasteiger partial charge in [-0.2, -0.15) is 0 Å². The first-order valence-electron chi connectivity index (χ1n) is 12.8. The van der Waals surface area contributed by atoms with Gasteiger partial charge in [-0.3, -0.25) is 14.1 Å². The molecule has 8 heteroatoms. The third kappa shape index (κ3) is 4.75. The molecule has 1 aliphatic rings. The van der Waals surface area contributed by atoms with Crippen molar-refractivity contribution in [2.45, 2.75) is 45.2 Å². The van der Waals surface area contributed by atoms with Crippen molar-refractivity contribution in [3.8, 4) is 17.0 Å². The lowest BCUT2D eigenvalue weighted by molar-refractivity contribution is 0.0697. The number of aromatic nitrogens is 4. The number of hydrogen-bond donors (Lipinski definition) is 0. The first kappa shape index (κ1) is 24.5. The average Bonchev–Trinajstić information content (AvgIpc) is 3.17. The van der Waals surface area contributed by atoms with Crippen LogP contribution in [0.15, 0.2) is 47.5 Å². The van der Waals surface area contributed by atoms with Crippen LogP contribution in [0, 0.1) is 0 Å². The summed E-state index contributed by atoms with van der Waals surface area (Å²) in [5.74, 6) is 0.632. The van der Waals surface area contributed by atoms with Gasteiger partial charge in [-0.1, -0.05) is 6.07 Å². The van der Waals surface area contributed by atoms with Crippen LogP contribution in [0.3, 0.4) is 0 Å². The van der Waals surface area contributed by atoms with Crippen molar-refractivity contribution in [1.82, 2.24) is 24.0 Å². The van der Waals surface area contributed by atoms with E-state index in [0.717, 1.165) is 58.9 Å². The van der Waals surface area contributed by atoms with Crippen LogP contribution in [0.1, 0.15) is 39.2 Å². The van der Waals surface area contributed by atoms with Crippen molar-refractivity contribution >= 4 is 21.9 Å². The molecule has 1 saturated heterocycles. The molecule has 1 aliphatic heterocycles. The molecular weight excluding hydrogens is 454 g/mol. The second kappa shape index (κ2) is 10.4. The summed E-state index contributed by atoms with van der Waals surface area (Å²) in [5.41, 5.74) is 4.69. The largest absolute Gasteiger partial charge is 0.478 e. The summed E-state index contributed by atoms with van der Waals surface area (Å²) in [5, 5.41) is 0.976. The molecule has 3 aromatic heterocycles. The van der Waals surface area contributed by atoms with Gasteiger partial charge >= 0.3 is 5.69 Å². The van der Waals surface area contributed by atoms with Gasteiger partial charge in [0.15, 0.2) is 0 Å². The molecule has 190 valence electrons. The van der Waals surface area contributed by atoms with Crippen LogP contribution in [0.4, 0.5) is 0 Å². The Labute approximate surface area is 211 Å². The van der Waals surface area contributed by atoms with Crippen molar-refractivity contribution in [2.24, 2.45) is 7.05 Å². The number of hydrogen-bond acceptors (Lipinski definition) is 6. The average molecular weight is 490 g/mol. The number of pyridine rings is 2. The minimum Gasteiger partial charge on any atom is -0.478 e. The monoisotopic (exact) mass is 489 g/mol. The van der Waals surface area contributed by atoms with Crippen LogP contribution in [0.5, 0.6) is 5.88 Å². The molecule has 5 rings (SSSR count). The van der Waals surface area contributed by atoms with E-state index in [1.807, 2.05) is 36.0 Å². The Morgan fingerprint density at radius 3 is 2.61 bits per heavy atom. The van der Waals surface area contributed by atoms with Gasteiger partial charge in [0.1, 0.15) is 0 Å². The molecule has 0 N–H and O–H groups in total. The van der Waals surface area contributed by atoms with Gasteiger partial charge in [0.2, 0.25) is 5.88 Å². The Balaban J connectivity index is 1.43. The zero-order valence-electron chi connectivity index (χ0n) is 21.6. The molecule has 0 amide bonds. The molecule has 0 unspecified atom stereocenters. The van der Waals surface area contributed by atoms with Gasteiger partial charge in [-0.25, -0.2) is 9.78 Å². The van der Waals surface area contributed by atoms with E-state index in [1.54, 1.807) is 10.8 Å². The zero-order valence-corrected chi connectivity index (χ0v) is 21.6. The minimum absolute atomic E-state index is 0.000593. The number of rotatable bonds is 8. The van der Waals surface area contributed by atoms with E-state index in [0.29, 0.717) is 31.7 Å². The van der Waals surface area contributed by atoms with E-state index in [1.165, 1.54) is 0 Å². The highest BCUT2D eigenvalue weighted by Gasteiger charge is 2.23. The van der Waals surface area contributed by atoms with Crippen LogP contribution in [-0.4, -0.2) is 63.5 Å². The third-order valence-corrected chi connectivity index (χ3v) is 7.33. The lowest BCUT2D eigenvalue weighted by Gasteiger charge is -2.23. The van der Waals surface area contributed by atoms with Gasteiger partial charge < -0.3 is 14.4 Å². The number of ether oxygens (including phenoxy) is 2. The molecule has 1 fully saturated rings. The third-order valence-electron chi connectivity index (χ3n) is 7.33. The molecule has 0 spiro atoms.